The predicted octanol–water partition coefficient (Wildman–Crippen LogP) is 3.83. The Morgan fingerprint density at radius 1 is 1.11 bits per heavy atom. The van der Waals surface area contributed by atoms with Crippen molar-refractivity contribution in [2.45, 2.75) is 13.8 Å². The van der Waals surface area contributed by atoms with Crippen LogP contribution in [0.2, 0.25) is 0 Å². The number of aromatic nitrogens is 3. The number of thiazole rings is 1. The van der Waals surface area contributed by atoms with Crippen molar-refractivity contribution in [2.24, 2.45) is 7.05 Å². The van der Waals surface area contributed by atoms with Gasteiger partial charge in [0.25, 0.3) is 0 Å². The molecule has 3 nitrogen and oxygen atoms in total. The summed E-state index contributed by atoms with van der Waals surface area (Å²) in [5.41, 5.74) is 5.57. The van der Waals surface area contributed by atoms with Gasteiger partial charge in [0.2, 0.25) is 0 Å². The summed E-state index contributed by atoms with van der Waals surface area (Å²) < 4.78 is 1.83. The zero-order chi connectivity index (χ0) is 13.4. The maximum Gasteiger partial charge on any atom is 0.124 e. The van der Waals surface area contributed by atoms with Crippen LogP contribution >= 0.6 is 11.3 Å². The van der Waals surface area contributed by atoms with Gasteiger partial charge in [0.05, 0.1) is 11.4 Å². The number of aryl methyl sites for hydroxylation is 3. The van der Waals surface area contributed by atoms with E-state index in [4.69, 9.17) is 4.98 Å². The van der Waals surface area contributed by atoms with Gasteiger partial charge in [-0.1, -0.05) is 29.8 Å². The second kappa shape index (κ2) is 4.63. The first kappa shape index (κ1) is 12.1. The average molecular weight is 269 g/mol. The minimum atomic E-state index is 1.01. The van der Waals surface area contributed by atoms with Crippen LogP contribution < -0.4 is 0 Å². The average Bonchev–Trinajstić information content (AvgIpc) is 2.97. The van der Waals surface area contributed by atoms with E-state index in [0.29, 0.717) is 0 Å². The Morgan fingerprint density at radius 3 is 2.47 bits per heavy atom. The van der Waals surface area contributed by atoms with Crippen LogP contribution in [0.3, 0.4) is 0 Å². The summed E-state index contributed by atoms with van der Waals surface area (Å²) in [6.07, 6.45) is 2.02. The molecule has 0 amide bonds. The molecule has 0 bridgehead atoms. The third-order valence-corrected chi connectivity index (χ3v) is 3.98. The molecule has 0 atom stereocenters. The highest BCUT2D eigenvalue weighted by Crippen LogP contribution is 2.30. The maximum atomic E-state index is 4.72. The SMILES string of the molecule is Cc1ccc(-c2nc(-c3cn(C)nc3C)cs2)cc1. The molecule has 0 aliphatic heterocycles. The van der Waals surface area contributed by atoms with Gasteiger partial charge in [-0.15, -0.1) is 11.3 Å². The van der Waals surface area contributed by atoms with Crippen LogP contribution in [0.15, 0.2) is 35.8 Å². The van der Waals surface area contributed by atoms with E-state index in [2.05, 4.69) is 41.7 Å². The molecule has 2 aromatic heterocycles. The summed E-state index contributed by atoms with van der Waals surface area (Å²) >= 11 is 1.67. The zero-order valence-corrected chi connectivity index (χ0v) is 12.0. The van der Waals surface area contributed by atoms with Gasteiger partial charge in [-0.3, -0.25) is 4.68 Å². The molecule has 3 aromatic rings. The second-order valence-corrected chi connectivity index (χ2v) is 5.56. The molecule has 0 unspecified atom stereocenters. The molecule has 0 saturated carbocycles. The summed E-state index contributed by atoms with van der Waals surface area (Å²) in [5, 5.41) is 7.51. The second-order valence-electron chi connectivity index (χ2n) is 4.71. The van der Waals surface area contributed by atoms with E-state index in [0.717, 1.165) is 22.0 Å². The molecule has 19 heavy (non-hydrogen) atoms. The summed E-state index contributed by atoms with van der Waals surface area (Å²) in [5.74, 6) is 0. The monoisotopic (exact) mass is 269 g/mol. The first-order valence-corrected chi connectivity index (χ1v) is 7.04. The quantitative estimate of drug-likeness (QED) is 0.708. The van der Waals surface area contributed by atoms with E-state index < -0.39 is 0 Å². The van der Waals surface area contributed by atoms with E-state index in [1.54, 1.807) is 11.3 Å². The lowest BCUT2D eigenvalue weighted by atomic mass is 10.1. The lowest BCUT2D eigenvalue weighted by Gasteiger charge is -1.96. The van der Waals surface area contributed by atoms with Gasteiger partial charge >= 0.3 is 0 Å². The number of hydrogen-bond donors (Lipinski definition) is 0. The number of benzene rings is 1. The Hall–Kier alpha value is -1.94. The lowest BCUT2D eigenvalue weighted by Crippen LogP contribution is -1.86. The molecular weight excluding hydrogens is 254 g/mol. The van der Waals surface area contributed by atoms with Crippen LogP contribution in [0, 0.1) is 13.8 Å². The van der Waals surface area contributed by atoms with Crippen molar-refractivity contribution in [1.82, 2.24) is 14.8 Å². The van der Waals surface area contributed by atoms with Crippen LogP contribution in [0.5, 0.6) is 0 Å². The summed E-state index contributed by atoms with van der Waals surface area (Å²) in [6, 6.07) is 8.47. The third-order valence-electron chi connectivity index (χ3n) is 3.09. The largest absolute Gasteiger partial charge is 0.275 e. The topological polar surface area (TPSA) is 30.7 Å². The van der Waals surface area contributed by atoms with Gasteiger partial charge in [-0.05, 0) is 13.8 Å². The molecule has 0 fully saturated rings. The molecule has 0 spiro atoms. The van der Waals surface area contributed by atoms with Crippen LogP contribution in [-0.4, -0.2) is 14.8 Å². The lowest BCUT2D eigenvalue weighted by molar-refractivity contribution is 0.756. The fourth-order valence-corrected chi connectivity index (χ4v) is 2.90. The van der Waals surface area contributed by atoms with E-state index in [1.165, 1.54) is 11.1 Å². The zero-order valence-electron chi connectivity index (χ0n) is 11.2. The van der Waals surface area contributed by atoms with Crippen molar-refractivity contribution in [1.29, 1.82) is 0 Å². The third kappa shape index (κ3) is 2.31. The molecule has 0 aliphatic rings. The fraction of sp³-hybridized carbons (Fsp3) is 0.200. The highest BCUT2D eigenvalue weighted by molar-refractivity contribution is 7.13. The fourth-order valence-electron chi connectivity index (χ4n) is 2.08. The minimum absolute atomic E-state index is 1.01. The molecule has 0 aliphatic carbocycles. The summed E-state index contributed by atoms with van der Waals surface area (Å²) in [6.45, 7) is 4.11. The number of nitrogens with zero attached hydrogens (tertiary/aromatic N) is 3. The first-order chi connectivity index (χ1) is 9.13. The van der Waals surface area contributed by atoms with Crippen molar-refractivity contribution < 1.29 is 0 Å². The van der Waals surface area contributed by atoms with E-state index in [9.17, 15) is 0 Å². The van der Waals surface area contributed by atoms with E-state index in [1.807, 2.05) is 24.9 Å². The van der Waals surface area contributed by atoms with Gasteiger partial charge in [0.15, 0.2) is 0 Å². The standard InChI is InChI=1S/C15H15N3S/c1-10-4-6-12(7-5-10)15-16-14(9-19-15)13-8-18(3)17-11(13)2/h4-9H,1-3H3. The first-order valence-electron chi connectivity index (χ1n) is 6.16. The van der Waals surface area contributed by atoms with Crippen molar-refractivity contribution in [2.75, 3.05) is 0 Å². The van der Waals surface area contributed by atoms with Crippen LogP contribution in [0.25, 0.3) is 21.8 Å². The van der Waals surface area contributed by atoms with E-state index in [-0.39, 0.29) is 0 Å². The van der Waals surface area contributed by atoms with Crippen molar-refractivity contribution >= 4 is 11.3 Å². The smallest absolute Gasteiger partial charge is 0.124 e. The summed E-state index contributed by atoms with van der Waals surface area (Å²) in [4.78, 5) is 4.72. The number of hydrogen-bond acceptors (Lipinski definition) is 3. The van der Waals surface area contributed by atoms with Gasteiger partial charge in [0.1, 0.15) is 5.01 Å². The molecule has 2 heterocycles. The van der Waals surface area contributed by atoms with Gasteiger partial charge in [0, 0.05) is 29.8 Å². The van der Waals surface area contributed by atoms with Crippen molar-refractivity contribution in [3.8, 4) is 21.8 Å². The van der Waals surface area contributed by atoms with Crippen LogP contribution in [0.1, 0.15) is 11.3 Å². The van der Waals surface area contributed by atoms with Crippen molar-refractivity contribution in [3.05, 3.63) is 47.1 Å². The molecule has 0 saturated heterocycles. The van der Waals surface area contributed by atoms with Crippen molar-refractivity contribution in [3.63, 3.8) is 0 Å². The Bertz CT molecular complexity index is 707. The normalized spacial score (nSPS) is 10.9. The highest BCUT2D eigenvalue weighted by Gasteiger charge is 2.11. The molecule has 3 rings (SSSR count). The van der Waals surface area contributed by atoms with Gasteiger partial charge in [-0.2, -0.15) is 5.10 Å². The Balaban J connectivity index is 1.99. The Labute approximate surface area is 116 Å². The molecule has 96 valence electrons. The van der Waals surface area contributed by atoms with Gasteiger partial charge < -0.3 is 0 Å². The highest BCUT2D eigenvalue weighted by atomic mass is 32.1. The Morgan fingerprint density at radius 2 is 1.84 bits per heavy atom. The van der Waals surface area contributed by atoms with Gasteiger partial charge in [-0.25, -0.2) is 4.98 Å². The summed E-state index contributed by atoms with van der Waals surface area (Å²) in [7, 11) is 1.93. The minimum Gasteiger partial charge on any atom is -0.275 e. The molecule has 0 radical (unpaired) electrons. The van der Waals surface area contributed by atoms with E-state index >= 15 is 0 Å². The molecular formula is C15H15N3S. The molecule has 0 N–H and O–H groups in total. The molecule has 4 heteroatoms. The van der Waals surface area contributed by atoms with Crippen LogP contribution in [-0.2, 0) is 7.05 Å². The van der Waals surface area contributed by atoms with Crippen LogP contribution in [0.4, 0.5) is 0 Å². The maximum absolute atomic E-state index is 4.72. The Kier molecular flexibility index (Phi) is 2.95. The number of rotatable bonds is 2. The predicted molar refractivity (Wildman–Crippen MR) is 79.2 cm³/mol. The molecule has 1 aromatic carbocycles.